The van der Waals surface area contributed by atoms with Crippen molar-refractivity contribution in [3.63, 3.8) is 0 Å². The van der Waals surface area contributed by atoms with E-state index < -0.39 is 24.3 Å². The number of carbonyl (C=O) groups is 4. The molecule has 0 unspecified atom stereocenters. The van der Waals surface area contributed by atoms with Crippen molar-refractivity contribution in [2.75, 3.05) is 39.3 Å². The minimum Gasteiger partial charge on any atom is -0.475 e. The molecule has 1 aliphatic heterocycles. The van der Waals surface area contributed by atoms with Crippen molar-refractivity contribution < 1.29 is 55.7 Å². The minimum atomic E-state index is -5.08. The fourth-order valence-electron chi connectivity index (χ4n) is 8.43. The van der Waals surface area contributed by atoms with Crippen LogP contribution >= 0.6 is 0 Å². The molecule has 0 radical (unpaired) electrons. The van der Waals surface area contributed by atoms with Crippen molar-refractivity contribution in [3.05, 3.63) is 140 Å². The number of hydrogen-bond acceptors (Lipinski definition) is 8. The zero-order valence-corrected chi connectivity index (χ0v) is 33.7. The molecule has 12 nitrogen and oxygen atoms in total. The van der Waals surface area contributed by atoms with Crippen molar-refractivity contribution in [2.24, 2.45) is 0 Å². The van der Waals surface area contributed by atoms with E-state index in [1.807, 2.05) is 106 Å². The molecule has 0 atom stereocenters. The number of halogens is 6. The summed E-state index contributed by atoms with van der Waals surface area (Å²) in [4.78, 5) is 77.2. The van der Waals surface area contributed by atoms with Gasteiger partial charge in [-0.15, -0.1) is 0 Å². The highest BCUT2D eigenvalue weighted by Crippen LogP contribution is 2.40. The van der Waals surface area contributed by atoms with Gasteiger partial charge in [-0.2, -0.15) is 26.3 Å². The van der Waals surface area contributed by atoms with Gasteiger partial charge in [-0.3, -0.25) is 19.2 Å². The predicted molar refractivity (Wildman–Crippen MR) is 224 cm³/mol. The van der Waals surface area contributed by atoms with Gasteiger partial charge in [-0.25, -0.2) is 9.59 Å². The average Bonchev–Trinajstić information content (AvgIpc) is 3.74. The Hall–Kier alpha value is -6.92. The van der Waals surface area contributed by atoms with Crippen LogP contribution in [0.15, 0.2) is 107 Å². The van der Waals surface area contributed by atoms with Crippen LogP contribution in [0.2, 0.25) is 0 Å². The lowest BCUT2D eigenvalue weighted by Gasteiger charge is -2.34. The second-order valence-electron chi connectivity index (χ2n) is 15.2. The number of benzene rings is 4. The number of ketones is 2. The van der Waals surface area contributed by atoms with Crippen molar-refractivity contribution in [1.82, 2.24) is 18.9 Å². The Kier molecular flexibility index (Phi) is 12.7. The molecule has 2 aliphatic carbocycles. The maximum Gasteiger partial charge on any atom is 0.490 e. The first kappa shape index (κ1) is 45.1. The molecule has 6 aromatic rings. The van der Waals surface area contributed by atoms with Crippen LogP contribution in [0.5, 0.6) is 0 Å². The smallest absolute Gasteiger partial charge is 0.475 e. The number of nitrogens with zero attached hydrogens (tertiary/aromatic N) is 4. The van der Waals surface area contributed by atoms with Gasteiger partial charge in [0.2, 0.25) is 0 Å². The summed E-state index contributed by atoms with van der Waals surface area (Å²) < 4.78 is 67.1. The van der Waals surface area contributed by atoms with Crippen LogP contribution in [0.3, 0.4) is 0 Å². The van der Waals surface area contributed by atoms with Crippen molar-refractivity contribution in [1.29, 1.82) is 0 Å². The molecular formula is C46H38F6N4O8. The molecule has 18 heteroatoms. The summed E-state index contributed by atoms with van der Waals surface area (Å²) in [6.07, 6.45) is -8.56. The SMILES string of the molecule is O=C(O)C(F)(F)F.O=C(O)C(F)(F)F.O=C1c2ccccc2-c2c1c1ccccc1c(=O)n2CCCN1CCN(CCCn2c3c(c4ccccc4c2=O)C(=O)c2ccccc2-3)CC1. The highest BCUT2D eigenvalue weighted by Gasteiger charge is 2.39. The van der Waals surface area contributed by atoms with E-state index in [-0.39, 0.29) is 22.7 Å². The first-order chi connectivity index (χ1) is 30.4. The van der Waals surface area contributed by atoms with E-state index in [1.54, 1.807) is 0 Å². The Morgan fingerprint density at radius 2 is 0.734 bits per heavy atom. The molecule has 64 heavy (non-hydrogen) atoms. The zero-order chi connectivity index (χ0) is 46.1. The summed E-state index contributed by atoms with van der Waals surface area (Å²) in [5.74, 6) is -5.53. The van der Waals surface area contributed by atoms with Crippen molar-refractivity contribution >= 4 is 45.0 Å². The lowest BCUT2D eigenvalue weighted by atomic mass is 10.0. The third-order valence-electron chi connectivity index (χ3n) is 11.3. The zero-order valence-electron chi connectivity index (χ0n) is 33.7. The molecule has 2 aromatic heterocycles. The third-order valence-corrected chi connectivity index (χ3v) is 11.3. The van der Waals surface area contributed by atoms with Crippen LogP contribution in [-0.2, 0) is 22.7 Å². The monoisotopic (exact) mass is 888 g/mol. The van der Waals surface area contributed by atoms with Crippen LogP contribution in [0.25, 0.3) is 44.1 Å². The van der Waals surface area contributed by atoms with Gasteiger partial charge in [0.1, 0.15) is 0 Å². The van der Waals surface area contributed by atoms with E-state index in [9.17, 15) is 45.5 Å². The number of carbonyl (C=O) groups excluding carboxylic acids is 2. The Bertz CT molecular complexity index is 2750. The van der Waals surface area contributed by atoms with E-state index in [4.69, 9.17) is 19.8 Å². The molecule has 1 fully saturated rings. The number of pyridine rings is 2. The molecule has 0 bridgehead atoms. The summed E-state index contributed by atoms with van der Waals surface area (Å²) in [6.45, 7) is 6.54. The highest BCUT2D eigenvalue weighted by molar-refractivity contribution is 6.27. The lowest BCUT2D eigenvalue weighted by molar-refractivity contribution is -0.193. The van der Waals surface area contributed by atoms with Gasteiger partial charge < -0.3 is 29.1 Å². The van der Waals surface area contributed by atoms with E-state index in [1.165, 1.54) is 0 Å². The molecule has 9 rings (SSSR count). The first-order valence-electron chi connectivity index (χ1n) is 20.0. The predicted octanol–water partition coefficient (Wildman–Crippen LogP) is 7.10. The van der Waals surface area contributed by atoms with Crippen LogP contribution in [0.4, 0.5) is 26.3 Å². The maximum atomic E-state index is 13.8. The first-order valence-corrected chi connectivity index (χ1v) is 20.0. The van der Waals surface area contributed by atoms with E-state index in [2.05, 4.69) is 9.80 Å². The molecule has 332 valence electrons. The Morgan fingerprint density at radius 3 is 1.05 bits per heavy atom. The fourth-order valence-corrected chi connectivity index (χ4v) is 8.43. The number of carboxylic acid groups (broad SMARTS) is 2. The second-order valence-corrected chi connectivity index (χ2v) is 15.2. The van der Waals surface area contributed by atoms with Crippen molar-refractivity contribution in [2.45, 2.75) is 38.3 Å². The third kappa shape index (κ3) is 8.83. The van der Waals surface area contributed by atoms with Gasteiger partial charge in [0.25, 0.3) is 11.1 Å². The molecule has 1 saturated heterocycles. The van der Waals surface area contributed by atoms with E-state index in [0.717, 1.165) is 85.4 Å². The Balaban J connectivity index is 0.000000381. The molecule has 0 saturated carbocycles. The van der Waals surface area contributed by atoms with Gasteiger partial charge in [0, 0.05) is 83.1 Å². The van der Waals surface area contributed by atoms with Gasteiger partial charge in [-0.05, 0) is 38.1 Å². The number of alkyl halides is 6. The summed E-state index contributed by atoms with van der Waals surface area (Å²) in [5.41, 5.74) is 5.71. The lowest BCUT2D eigenvalue weighted by Crippen LogP contribution is -2.47. The topological polar surface area (TPSA) is 159 Å². The van der Waals surface area contributed by atoms with E-state index in [0.29, 0.717) is 46.1 Å². The second kappa shape index (κ2) is 18.1. The highest BCUT2D eigenvalue weighted by atomic mass is 19.4. The fraction of sp³-hybridized carbons (Fsp3) is 0.261. The Morgan fingerprint density at radius 1 is 0.453 bits per heavy atom. The average molecular weight is 889 g/mol. The maximum absolute atomic E-state index is 13.8. The summed E-state index contributed by atoms with van der Waals surface area (Å²) >= 11 is 0. The van der Waals surface area contributed by atoms with Crippen LogP contribution in [-0.4, -0.2) is 104 Å². The summed E-state index contributed by atoms with van der Waals surface area (Å²) in [6, 6.07) is 30.1. The number of hydrogen-bond donors (Lipinski definition) is 2. The quantitative estimate of drug-likeness (QED) is 0.151. The largest absolute Gasteiger partial charge is 0.490 e. The molecule has 0 spiro atoms. The van der Waals surface area contributed by atoms with Gasteiger partial charge in [0.15, 0.2) is 11.6 Å². The van der Waals surface area contributed by atoms with Gasteiger partial charge >= 0.3 is 24.3 Å². The van der Waals surface area contributed by atoms with Crippen molar-refractivity contribution in [3.8, 4) is 22.5 Å². The molecular weight excluding hydrogens is 851 g/mol. The van der Waals surface area contributed by atoms with Gasteiger partial charge in [0.05, 0.1) is 22.5 Å². The minimum absolute atomic E-state index is 0.00939. The standard InChI is InChI=1S/C42H36N4O4.2C2HF3O2/c47-39-31-15-5-3-13-29(31)37-35(39)27-11-1-7-17-33(27)41(49)45(37)21-9-19-43-23-25-44(26-24-43)20-10-22-46-38-30-14-4-6-16-32(30)40(48)36(38)28-12-2-8-18-34(28)42(46)50;2*3-2(4,5)1(6)7/h1-8,11-18H,9-10,19-26H2;2*(H,6,7). The number of piperazine rings is 1. The van der Waals surface area contributed by atoms with Crippen LogP contribution < -0.4 is 11.1 Å². The number of fused-ring (bicyclic) bond motifs is 10. The van der Waals surface area contributed by atoms with Crippen LogP contribution in [0.1, 0.15) is 44.7 Å². The molecule has 3 heterocycles. The van der Waals surface area contributed by atoms with Gasteiger partial charge in [-0.1, -0.05) is 84.9 Å². The molecule has 2 N–H and O–H groups in total. The molecule has 3 aliphatic rings. The molecule has 4 aromatic carbocycles. The number of carboxylic acids is 2. The molecule has 0 amide bonds. The number of aromatic nitrogens is 2. The van der Waals surface area contributed by atoms with E-state index >= 15 is 0 Å². The number of rotatable bonds is 8. The summed E-state index contributed by atoms with van der Waals surface area (Å²) in [7, 11) is 0. The number of aliphatic carboxylic acids is 2. The van der Waals surface area contributed by atoms with Crippen LogP contribution in [0, 0.1) is 0 Å². The Labute approximate surface area is 359 Å². The normalized spacial score (nSPS) is 14.5. The summed E-state index contributed by atoms with van der Waals surface area (Å²) in [5, 5.41) is 16.9.